The molecule has 0 unspecified atom stereocenters. The van der Waals surface area contributed by atoms with Gasteiger partial charge in [-0.05, 0) is 49.1 Å². The van der Waals surface area contributed by atoms with Crippen LogP contribution in [0.1, 0.15) is 48.7 Å². The predicted molar refractivity (Wildman–Crippen MR) is 115 cm³/mol. The lowest BCUT2D eigenvalue weighted by Crippen LogP contribution is -2.33. The summed E-state index contributed by atoms with van der Waals surface area (Å²) in [5.41, 5.74) is -0.335. The number of nitrogens with zero attached hydrogens (tertiary/aromatic N) is 2. The maximum absolute atomic E-state index is 13.1. The van der Waals surface area contributed by atoms with E-state index in [-0.39, 0.29) is 34.1 Å². The Kier molecular flexibility index (Phi) is 5.73. The van der Waals surface area contributed by atoms with Crippen LogP contribution in [0.15, 0.2) is 39.9 Å². The van der Waals surface area contributed by atoms with Gasteiger partial charge in [0.2, 0.25) is 0 Å². The van der Waals surface area contributed by atoms with Crippen molar-refractivity contribution >= 4 is 22.6 Å². The first kappa shape index (κ1) is 22.6. The van der Waals surface area contributed by atoms with Gasteiger partial charge in [0.25, 0.3) is 11.5 Å². The van der Waals surface area contributed by atoms with Gasteiger partial charge >= 0.3 is 12.1 Å². The molecular formula is C22H21F3N4O4. The first-order chi connectivity index (χ1) is 15.5. The zero-order chi connectivity index (χ0) is 23.9. The van der Waals surface area contributed by atoms with Crippen LogP contribution in [0.25, 0.3) is 11.0 Å². The molecule has 0 bridgehead atoms. The van der Waals surface area contributed by atoms with Crippen molar-refractivity contribution in [2.45, 2.75) is 45.5 Å². The van der Waals surface area contributed by atoms with Crippen molar-refractivity contribution in [1.29, 1.82) is 0 Å². The van der Waals surface area contributed by atoms with E-state index in [1.807, 2.05) is 13.8 Å². The SMILES string of the molecule is CC(C)Cn1c(=O)[nH]c(=O)c2c(C(=O)Nc3ccc(OC(F)(F)F)cc3)cc(C3CC3)nc21. The second-order valence-electron chi connectivity index (χ2n) is 8.36. The van der Waals surface area contributed by atoms with Crippen LogP contribution < -0.4 is 21.3 Å². The van der Waals surface area contributed by atoms with Crippen LogP contribution in [-0.2, 0) is 6.54 Å². The van der Waals surface area contributed by atoms with Crippen LogP contribution in [0, 0.1) is 5.92 Å². The van der Waals surface area contributed by atoms with Crippen LogP contribution in [0.4, 0.5) is 18.9 Å². The van der Waals surface area contributed by atoms with E-state index < -0.39 is 29.3 Å². The van der Waals surface area contributed by atoms with Crippen molar-refractivity contribution < 1.29 is 22.7 Å². The highest BCUT2D eigenvalue weighted by Crippen LogP contribution is 2.40. The van der Waals surface area contributed by atoms with Crippen LogP contribution in [0.5, 0.6) is 5.75 Å². The number of aromatic amines is 1. The molecule has 2 N–H and O–H groups in total. The maximum atomic E-state index is 13.1. The summed E-state index contributed by atoms with van der Waals surface area (Å²) < 4.78 is 42.2. The number of hydrogen-bond donors (Lipinski definition) is 2. The standard InChI is InChI=1S/C22H21F3N4O4/c1-11(2)10-29-18-17(20(31)28-21(29)32)15(9-16(27-18)12-3-4-12)19(30)26-13-5-7-14(8-6-13)33-22(23,24)25/h5-9,11-12H,3-4,10H2,1-2H3,(H,26,30)(H,28,31,32). The minimum Gasteiger partial charge on any atom is -0.406 e. The molecule has 3 aromatic rings. The van der Waals surface area contributed by atoms with Crippen molar-refractivity contribution in [2.75, 3.05) is 5.32 Å². The third kappa shape index (κ3) is 5.07. The van der Waals surface area contributed by atoms with Gasteiger partial charge in [0.05, 0.1) is 10.9 Å². The summed E-state index contributed by atoms with van der Waals surface area (Å²) >= 11 is 0. The lowest BCUT2D eigenvalue weighted by molar-refractivity contribution is -0.274. The lowest BCUT2D eigenvalue weighted by Gasteiger charge is -2.15. The molecule has 2 heterocycles. The molecule has 33 heavy (non-hydrogen) atoms. The van der Waals surface area contributed by atoms with E-state index in [0.717, 1.165) is 25.0 Å². The van der Waals surface area contributed by atoms with Crippen molar-refractivity contribution in [2.24, 2.45) is 5.92 Å². The molecule has 1 fully saturated rings. The predicted octanol–water partition coefficient (Wildman–Crippen LogP) is 3.77. The van der Waals surface area contributed by atoms with E-state index in [0.29, 0.717) is 12.2 Å². The Morgan fingerprint density at radius 2 is 1.91 bits per heavy atom. The molecule has 1 aliphatic rings. The van der Waals surface area contributed by atoms with Gasteiger partial charge in [0.15, 0.2) is 5.65 Å². The highest BCUT2D eigenvalue weighted by molar-refractivity contribution is 6.11. The molecule has 1 amide bonds. The molecule has 4 rings (SSSR count). The average molecular weight is 462 g/mol. The molecule has 8 nitrogen and oxygen atoms in total. The smallest absolute Gasteiger partial charge is 0.406 e. The number of alkyl halides is 3. The van der Waals surface area contributed by atoms with Gasteiger partial charge in [-0.25, -0.2) is 9.78 Å². The van der Waals surface area contributed by atoms with Crippen LogP contribution >= 0.6 is 0 Å². The Bertz CT molecular complexity index is 1320. The monoisotopic (exact) mass is 462 g/mol. The number of pyridine rings is 1. The molecule has 1 saturated carbocycles. The molecule has 11 heteroatoms. The molecule has 1 aliphatic carbocycles. The third-order valence-electron chi connectivity index (χ3n) is 5.10. The van der Waals surface area contributed by atoms with Gasteiger partial charge in [-0.1, -0.05) is 13.8 Å². The Morgan fingerprint density at radius 1 is 1.24 bits per heavy atom. The van der Waals surface area contributed by atoms with E-state index in [4.69, 9.17) is 0 Å². The fraction of sp³-hybridized carbons (Fsp3) is 0.364. The average Bonchev–Trinajstić information content (AvgIpc) is 3.55. The minimum absolute atomic E-state index is 0.0193. The Morgan fingerprint density at radius 3 is 2.48 bits per heavy atom. The summed E-state index contributed by atoms with van der Waals surface area (Å²) in [6.07, 6.45) is -3.05. The highest BCUT2D eigenvalue weighted by atomic mass is 19.4. The number of carbonyl (C=O) groups is 1. The first-order valence-electron chi connectivity index (χ1n) is 10.4. The number of rotatable bonds is 6. The molecule has 1 aromatic carbocycles. The largest absolute Gasteiger partial charge is 0.573 e. The van der Waals surface area contributed by atoms with Gasteiger partial charge in [-0.3, -0.25) is 19.1 Å². The van der Waals surface area contributed by atoms with Gasteiger partial charge in [-0.15, -0.1) is 13.2 Å². The minimum atomic E-state index is -4.83. The summed E-state index contributed by atoms with van der Waals surface area (Å²) in [4.78, 5) is 45.1. The van der Waals surface area contributed by atoms with Gasteiger partial charge in [0.1, 0.15) is 5.75 Å². The molecule has 174 valence electrons. The number of halogens is 3. The van der Waals surface area contributed by atoms with Crippen molar-refractivity contribution in [1.82, 2.24) is 14.5 Å². The van der Waals surface area contributed by atoms with E-state index in [9.17, 15) is 27.6 Å². The molecule has 0 radical (unpaired) electrons. The molecule has 0 spiro atoms. The van der Waals surface area contributed by atoms with Crippen molar-refractivity contribution in [3.8, 4) is 5.75 Å². The number of anilines is 1. The Hall–Kier alpha value is -3.63. The quantitative estimate of drug-likeness (QED) is 0.580. The van der Waals surface area contributed by atoms with E-state index in [1.54, 1.807) is 0 Å². The highest BCUT2D eigenvalue weighted by Gasteiger charge is 2.31. The Balaban J connectivity index is 1.75. The van der Waals surface area contributed by atoms with Gasteiger partial charge < -0.3 is 10.1 Å². The fourth-order valence-corrected chi connectivity index (χ4v) is 3.53. The number of nitrogens with one attached hydrogen (secondary N) is 2. The summed E-state index contributed by atoms with van der Waals surface area (Å²) in [6, 6.07) is 6.18. The molecule has 0 aliphatic heterocycles. The summed E-state index contributed by atoms with van der Waals surface area (Å²) in [5, 5.41) is 2.57. The van der Waals surface area contributed by atoms with Crippen LogP contribution in [0.2, 0.25) is 0 Å². The van der Waals surface area contributed by atoms with Crippen molar-refractivity contribution in [3.05, 3.63) is 62.4 Å². The fourth-order valence-electron chi connectivity index (χ4n) is 3.53. The first-order valence-corrected chi connectivity index (χ1v) is 10.4. The zero-order valence-corrected chi connectivity index (χ0v) is 17.8. The number of fused-ring (bicyclic) bond motifs is 1. The van der Waals surface area contributed by atoms with Crippen LogP contribution in [-0.4, -0.2) is 26.8 Å². The van der Waals surface area contributed by atoms with E-state index >= 15 is 0 Å². The zero-order valence-electron chi connectivity index (χ0n) is 17.8. The Labute approximate surface area is 185 Å². The number of benzene rings is 1. The van der Waals surface area contributed by atoms with Crippen molar-refractivity contribution in [3.63, 3.8) is 0 Å². The number of aromatic nitrogens is 3. The summed E-state index contributed by atoms with van der Waals surface area (Å²) in [7, 11) is 0. The maximum Gasteiger partial charge on any atom is 0.573 e. The molecule has 2 aromatic heterocycles. The number of ether oxygens (including phenoxy) is 1. The molecule has 0 atom stereocenters. The second kappa shape index (κ2) is 8.38. The summed E-state index contributed by atoms with van der Waals surface area (Å²) in [6.45, 7) is 4.12. The summed E-state index contributed by atoms with van der Waals surface area (Å²) in [5.74, 6) is -0.853. The second-order valence-corrected chi connectivity index (χ2v) is 8.36. The van der Waals surface area contributed by atoms with Crippen LogP contribution in [0.3, 0.4) is 0 Å². The third-order valence-corrected chi connectivity index (χ3v) is 5.10. The van der Waals surface area contributed by atoms with E-state index in [2.05, 4.69) is 20.0 Å². The van der Waals surface area contributed by atoms with Gasteiger partial charge in [0, 0.05) is 23.8 Å². The number of H-pyrrole nitrogens is 1. The number of carbonyl (C=O) groups excluding carboxylic acids is 1. The molecule has 0 saturated heterocycles. The van der Waals surface area contributed by atoms with Gasteiger partial charge in [-0.2, -0.15) is 0 Å². The number of amides is 1. The molecular weight excluding hydrogens is 441 g/mol. The normalized spacial score (nSPS) is 14.0. The van der Waals surface area contributed by atoms with E-state index in [1.165, 1.54) is 22.8 Å². The number of hydrogen-bond acceptors (Lipinski definition) is 5. The lowest BCUT2D eigenvalue weighted by atomic mass is 10.1. The topological polar surface area (TPSA) is 106 Å².